The normalized spacial score (nSPS) is 9.56. The van der Waals surface area contributed by atoms with E-state index in [2.05, 4.69) is 46.1 Å². The highest BCUT2D eigenvalue weighted by Gasteiger charge is 2.18. The molecular weight excluding hydrogens is 1380 g/mol. The van der Waals surface area contributed by atoms with Gasteiger partial charge in [-0.25, -0.2) is 24.0 Å². The van der Waals surface area contributed by atoms with E-state index in [-0.39, 0.29) is 22.6 Å². The number of methoxy groups -OCH3 is 8. The molecule has 0 atom stereocenters. The van der Waals surface area contributed by atoms with Gasteiger partial charge in [-0.2, -0.15) is 5.26 Å². The molecule has 0 spiro atoms. The fourth-order valence-corrected chi connectivity index (χ4v) is 8.18. The average Bonchev–Trinajstić information content (AvgIpc) is 1.02. The number of anilines is 5. The van der Waals surface area contributed by atoms with E-state index in [1.54, 1.807) is 102 Å². The lowest BCUT2D eigenvalue weighted by Crippen LogP contribution is -2.29. The van der Waals surface area contributed by atoms with Crippen LogP contribution in [0.4, 0.5) is 28.4 Å². The van der Waals surface area contributed by atoms with Crippen LogP contribution in [0.2, 0.25) is 15.1 Å². The highest BCUT2D eigenvalue weighted by Crippen LogP contribution is 2.38. The second kappa shape index (κ2) is 39.4. The number of carbonyl (C=O) groups is 5. The van der Waals surface area contributed by atoms with Crippen LogP contribution in [-0.4, -0.2) is 114 Å². The van der Waals surface area contributed by atoms with E-state index in [4.69, 9.17) is 108 Å². The maximum Gasteiger partial charge on any atom is 0.488 e. The van der Waals surface area contributed by atoms with Crippen molar-refractivity contribution in [3.05, 3.63) is 193 Å². The number of benzene rings is 8. The topological polar surface area (TPSA) is 394 Å². The van der Waals surface area contributed by atoms with Crippen LogP contribution in [0.3, 0.4) is 0 Å². The summed E-state index contributed by atoms with van der Waals surface area (Å²) < 4.78 is 39.1. The Labute approximate surface area is 555 Å². The Morgan fingerprint density at radius 2 is 0.813 bits per heavy atom. The smallest absolute Gasteiger partial charge is 0.488 e. The Bertz CT molecular complexity index is 3850. The van der Waals surface area contributed by atoms with Crippen molar-refractivity contribution in [3.63, 3.8) is 0 Å². The van der Waals surface area contributed by atoms with Gasteiger partial charge in [0, 0.05) is 46.6 Å². The molecule has 0 unspecified atom stereocenters. The van der Waals surface area contributed by atoms with Gasteiger partial charge in [-0.3, -0.25) is 0 Å². The van der Waals surface area contributed by atoms with Gasteiger partial charge in [0.25, 0.3) is 0 Å². The molecule has 0 amide bonds. The van der Waals surface area contributed by atoms with Gasteiger partial charge in [-0.1, -0.05) is 71.2 Å². The van der Waals surface area contributed by atoms with Crippen molar-refractivity contribution in [2.45, 2.75) is 0 Å². The quantitative estimate of drug-likeness (QED) is 0.0180. The lowest BCUT2D eigenvalue weighted by molar-refractivity contribution is 0.0591. The van der Waals surface area contributed by atoms with E-state index < -0.39 is 37.0 Å². The Hall–Kier alpha value is -9.59. The summed E-state index contributed by atoms with van der Waals surface area (Å²) in [4.78, 5) is 57.6. The highest BCUT2D eigenvalue weighted by atomic mass is 79.9. The summed E-state index contributed by atoms with van der Waals surface area (Å²) in [5.74, 6) is -1.26. The number of halogens is 5. The van der Waals surface area contributed by atoms with Gasteiger partial charge in [0.2, 0.25) is 0 Å². The maximum atomic E-state index is 11.7. The molecule has 8 aromatic carbocycles. The molecule has 23 nitrogen and oxygen atoms in total. The number of phenols is 1. The Kier molecular flexibility index (Phi) is 33.6. The molecule has 0 saturated carbocycles. The van der Waals surface area contributed by atoms with Gasteiger partial charge in [0.15, 0.2) is 0 Å². The van der Waals surface area contributed by atoms with Gasteiger partial charge < -0.3 is 86.8 Å². The molecule has 8 rings (SSSR count). The van der Waals surface area contributed by atoms with Gasteiger partial charge in [-0.05, 0) is 142 Å². The van der Waals surface area contributed by atoms with E-state index in [1.807, 2.05) is 12.1 Å². The second-order valence-electron chi connectivity index (χ2n) is 17.4. The van der Waals surface area contributed by atoms with Crippen molar-refractivity contribution in [3.8, 4) is 56.0 Å². The van der Waals surface area contributed by atoms with Crippen LogP contribution >= 0.6 is 66.7 Å². The first-order chi connectivity index (χ1) is 43.1. The molecule has 14 N–H and O–H groups in total. The van der Waals surface area contributed by atoms with Crippen molar-refractivity contribution in [2.75, 3.05) is 85.5 Å². The first-order valence-electron chi connectivity index (χ1n) is 25.4. The summed E-state index contributed by atoms with van der Waals surface area (Å²) in [6.07, 6.45) is 0. The Morgan fingerprint density at radius 1 is 0.462 bits per heavy atom. The number of carboxylic acid groups (broad SMARTS) is 1. The first-order valence-corrected chi connectivity index (χ1v) is 28.2. The van der Waals surface area contributed by atoms with Crippen molar-refractivity contribution in [1.82, 2.24) is 0 Å². The molecule has 91 heavy (non-hydrogen) atoms. The van der Waals surface area contributed by atoms with Crippen LogP contribution in [0.1, 0.15) is 51.8 Å². The number of carbonyl (C=O) groups excluding carboxylic acids is 4. The highest BCUT2D eigenvalue weighted by molar-refractivity contribution is 9.12. The number of ether oxygens (including phenoxy) is 8. The molecule has 0 bridgehead atoms. The number of carboxylic acids is 1. The Morgan fingerprint density at radius 3 is 1.20 bits per heavy atom. The predicted octanol–water partition coefficient (Wildman–Crippen LogP) is 11.2. The summed E-state index contributed by atoms with van der Waals surface area (Å²) in [5, 5.41) is 44.5. The van der Waals surface area contributed by atoms with E-state index >= 15 is 0 Å². The molecule has 0 saturated heterocycles. The number of aromatic hydroxyl groups is 1. The van der Waals surface area contributed by atoms with Crippen LogP contribution in [0.5, 0.6) is 28.7 Å². The standard InChI is InChI=1S/C15H14ClNO3.C14H12ClNO3.C9H10BrNO3.C9H11NO3.C8H9NO3.C6H6BClO2.CBrN/c1-19-13-8-10(15(18)20-2)7-12(14(13)17)9-4-3-5-11(16)6-9;1-19-14(18)9-6-11(13(16)12(17)7-9)8-3-2-4-10(15)5-8;1-13-7-4-5(9(12)14-2)3-6(10)8(7)11;1-12-8-5-6(9(11)13-2)3-4-7(8)10;1-12-7-4-5(8(10)11)2-3-6(7)9;8-6-3-1-2-5(4-6)7(9)10;2-1-3/h3-8H,17H2,1-2H3;2-7,17H,16H2,1H3;3-4H,11H2,1-2H3;3-5H,10H2,1-2H3;2-4H,9H2,1H3,(H,10,11);1-4,9-10H;. The molecule has 29 heteroatoms. The molecular formula is C62H62BBr2Cl3N6O17. The zero-order chi connectivity index (χ0) is 68.7. The number of phenolic OH excluding ortho intramolecular Hbond substituents is 1. The molecule has 8 aromatic rings. The minimum atomic E-state index is -1.43. The molecule has 0 radical (unpaired) electrons. The predicted molar refractivity (Wildman–Crippen MR) is 359 cm³/mol. The minimum absolute atomic E-state index is 0.168. The lowest BCUT2D eigenvalue weighted by Gasteiger charge is -2.13. The number of esters is 4. The summed E-state index contributed by atoms with van der Waals surface area (Å²) in [7, 11) is 9.72. The fraction of sp³-hybridized carbons (Fsp3) is 0.129. The van der Waals surface area contributed by atoms with Crippen LogP contribution in [-0.2, 0) is 18.9 Å². The van der Waals surface area contributed by atoms with Gasteiger partial charge in [0.1, 0.15) is 33.7 Å². The number of nitrogens with two attached hydrogens (primary N) is 5. The molecule has 0 aliphatic rings. The van der Waals surface area contributed by atoms with Crippen LogP contribution in [0.15, 0.2) is 150 Å². The number of hydrogen-bond donors (Lipinski definition) is 9. The molecule has 480 valence electrons. The van der Waals surface area contributed by atoms with Crippen molar-refractivity contribution in [2.24, 2.45) is 0 Å². The number of nitrogen functional groups attached to an aromatic ring is 5. The summed E-state index contributed by atoms with van der Waals surface area (Å²) in [6.45, 7) is 0. The third-order valence-electron chi connectivity index (χ3n) is 11.6. The van der Waals surface area contributed by atoms with Crippen LogP contribution in [0, 0.1) is 10.2 Å². The molecule has 0 aromatic heterocycles. The molecule has 0 fully saturated rings. The van der Waals surface area contributed by atoms with Crippen LogP contribution in [0.25, 0.3) is 22.3 Å². The number of nitriles is 1. The average molecular weight is 1440 g/mol. The molecule has 0 heterocycles. The van der Waals surface area contributed by atoms with E-state index in [9.17, 15) is 29.1 Å². The second-order valence-corrected chi connectivity index (χ2v) is 19.9. The SMILES string of the molecule is COC(=O)c1cc(Br)c(N)c(OC)c1.COC(=O)c1cc(O)c(N)c(-c2cccc(Cl)c2)c1.COC(=O)c1cc(OC)c(N)c(-c2cccc(Cl)c2)c1.COC(=O)c1ccc(N)c(OC)c1.COc1cc(C(=O)O)ccc1N.N#CBr.OB(O)c1cccc(Cl)c1. The fourth-order valence-electron chi connectivity index (χ4n) is 7.16. The number of hydrogen-bond acceptors (Lipinski definition) is 22. The number of aromatic carboxylic acids is 1. The monoisotopic (exact) mass is 1440 g/mol. The maximum absolute atomic E-state index is 11.7. The Balaban J connectivity index is 0.000000374. The molecule has 0 aliphatic heterocycles. The van der Waals surface area contributed by atoms with E-state index in [0.29, 0.717) is 104 Å². The van der Waals surface area contributed by atoms with Crippen LogP contribution < -0.4 is 53.1 Å². The van der Waals surface area contributed by atoms with E-state index in [1.165, 1.54) is 93.3 Å². The lowest BCUT2D eigenvalue weighted by atomic mass is 9.81. The van der Waals surface area contributed by atoms with Gasteiger partial charge >= 0.3 is 37.0 Å². The van der Waals surface area contributed by atoms with Gasteiger partial charge in [-0.15, -0.1) is 0 Å². The largest absolute Gasteiger partial charge is 0.506 e. The number of rotatable bonds is 12. The third-order valence-corrected chi connectivity index (χ3v) is 13.0. The summed E-state index contributed by atoms with van der Waals surface area (Å²) in [5.41, 5.74) is 35.4. The van der Waals surface area contributed by atoms with Crippen molar-refractivity contribution >= 4 is 138 Å². The van der Waals surface area contributed by atoms with Crippen molar-refractivity contribution in [1.29, 1.82) is 5.26 Å². The van der Waals surface area contributed by atoms with E-state index in [0.717, 1.165) is 5.56 Å². The van der Waals surface area contributed by atoms with Crippen molar-refractivity contribution < 1.29 is 82.1 Å². The zero-order valence-electron chi connectivity index (χ0n) is 49.8. The first kappa shape index (κ1) is 77.5. The minimum Gasteiger partial charge on any atom is -0.506 e. The number of nitrogens with zero attached hydrogens (tertiary/aromatic N) is 1. The third kappa shape index (κ3) is 24.4. The summed E-state index contributed by atoms with van der Waals surface area (Å²) >= 11 is 23.1. The molecule has 0 aliphatic carbocycles. The zero-order valence-corrected chi connectivity index (χ0v) is 55.2. The summed E-state index contributed by atoms with van der Waals surface area (Å²) in [6, 6.07) is 38.9. The van der Waals surface area contributed by atoms with Gasteiger partial charge in [0.05, 0.1) is 113 Å².